The molecule has 166 valence electrons. The number of halogens is 1. The van der Waals surface area contributed by atoms with Crippen LogP contribution in [0.5, 0.6) is 0 Å². The first-order valence-corrected chi connectivity index (χ1v) is 12.2. The van der Waals surface area contributed by atoms with Crippen molar-refractivity contribution in [1.29, 1.82) is 0 Å². The molecule has 3 aromatic rings. The van der Waals surface area contributed by atoms with Gasteiger partial charge < -0.3 is 16.0 Å². The number of pyridine rings is 1. The SMILES string of the molecule is N[C@@H]1C2CC2CC12CCN(c1nccn3c(-c4ccnc(NC5CC5)c4Cl)ncc13)CC2. The summed E-state index contributed by atoms with van der Waals surface area (Å²) in [6.45, 7) is 2.01. The van der Waals surface area contributed by atoms with Crippen LogP contribution in [0.3, 0.4) is 0 Å². The van der Waals surface area contributed by atoms with Gasteiger partial charge in [0.25, 0.3) is 0 Å². The molecule has 3 N–H and O–H groups in total. The zero-order chi connectivity index (χ0) is 21.4. The number of hydrogen-bond donors (Lipinski definition) is 2. The molecule has 1 saturated heterocycles. The summed E-state index contributed by atoms with van der Waals surface area (Å²) >= 11 is 6.74. The topological polar surface area (TPSA) is 84.4 Å². The molecule has 3 saturated carbocycles. The number of hydrogen-bond acceptors (Lipinski definition) is 6. The molecule has 32 heavy (non-hydrogen) atoms. The van der Waals surface area contributed by atoms with Gasteiger partial charge in [-0.15, -0.1) is 0 Å². The van der Waals surface area contributed by atoms with E-state index in [0.717, 1.165) is 66.3 Å². The Bertz CT molecular complexity index is 1190. The largest absolute Gasteiger partial charge is 0.366 e. The monoisotopic (exact) mass is 449 g/mol. The van der Waals surface area contributed by atoms with Crippen molar-refractivity contribution in [3.05, 3.63) is 35.9 Å². The lowest BCUT2D eigenvalue weighted by Gasteiger charge is -2.44. The Morgan fingerprint density at radius 1 is 1.12 bits per heavy atom. The van der Waals surface area contributed by atoms with Crippen LogP contribution in [0.4, 0.5) is 11.6 Å². The van der Waals surface area contributed by atoms with Gasteiger partial charge in [-0.2, -0.15) is 0 Å². The molecule has 7 rings (SSSR count). The van der Waals surface area contributed by atoms with Crippen molar-refractivity contribution in [1.82, 2.24) is 19.4 Å². The summed E-state index contributed by atoms with van der Waals surface area (Å²) in [5.74, 6) is 4.26. The molecule has 1 aliphatic heterocycles. The predicted molar refractivity (Wildman–Crippen MR) is 126 cm³/mol. The lowest BCUT2D eigenvalue weighted by Crippen LogP contribution is -2.48. The Morgan fingerprint density at radius 2 is 1.97 bits per heavy atom. The molecule has 3 aromatic heterocycles. The molecule has 8 heteroatoms. The Balaban J connectivity index is 1.19. The van der Waals surface area contributed by atoms with E-state index in [0.29, 0.717) is 22.5 Å². The van der Waals surface area contributed by atoms with Gasteiger partial charge in [-0.3, -0.25) is 4.40 Å². The van der Waals surface area contributed by atoms with Gasteiger partial charge in [-0.25, -0.2) is 15.0 Å². The predicted octanol–water partition coefficient (Wildman–Crippen LogP) is 3.97. The van der Waals surface area contributed by atoms with Crippen LogP contribution in [-0.2, 0) is 0 Å². The molecule has 0 amide bonds. The summed E-state index contributed by atoms with van der Waals surface area (Å²) in [5, 5.41) is 4.04. The minimum absolute atomic E-state index is 0.357. The number of piperidine rings is 1. The van der Waals surface area contributed by atoms with Crippen molar-refractivity contribution in [3.63, 3.8) is 0 Å². The van der Waals surface area contributed by atoms with E-state index in [9.17, 15) is 0 Å². The molecule has 7 nitrogen and oxygen atoms in total. The molecule has 3 aliphatic carbocycles. The number of aromatic nitrogens is 4. The minimum atomic E-state index is 0.357. The van der Waals surface area contributed by atoms with Gasteiger partial charge in [0, 0.05) is 49.3 Å². The Kier molecular flexibility index (Phi) is 4.07. The first-order valence-electron chi connectivity index (χ1n) is 11.9. The average Bonchev–Trinajstić information content (AvgIpc) is 3.72. The quantitative estimate of drug-likeness (QED) is 0.626. The molecule has 1 spiro atoms. The highest BCUT2D eigenvalue weighted by Gasteiger charge is 2.59. The van der Waals surface area contributed by atoms with E-state index < -0.39 is 0 Å². The molecular formula is C24H28ClN7. The van der Waals surface area contributed by atoms with Crippen LogP contribution in [0.1, 0.15) is 38.5 Å². The second-order valence-corrected chi connectivity index (χ2v) is 10.6. The van der Waals surface area contributed by atoms with Gasteiger partial charge >= 0.3 is 0 Å². The Hall–Kier alpha value is -2.38. The fourth-order valence-corrected chi connectivity index (χ4v) is 6.51. The van der Waals surface area contributed by atoms with E-state index in [2.05, 4.69) is 19.6 Å². The summed E-state index contributed by atoms with van der Waals surface area (Å²) < 4.78 is 2.10. The maximum Gasteiger partial charge on any atom is 0.154 e. The van der Waals surface area contributed by atoms with Gasteiger partial charge in [0.15, 0.2) is 5.82 Å². The zero-order valence-corrected chi connectivity index (χ0v) is 18.8. The fourth-order valence-electron chi connectivity index (χ4n) is 6.25. The number of anilines is 2. The second-order valence-electron chi connectivity index (χ2n) is 10.3. The fraction of sp³-hybridized carbons (Fsp3) is 0.542. The van der Waals surface area contributed by atoms with Crippen molar-refractivity contribution in [3.8, 4) is 11.4 Å². The van der Waals surface area contributed by atoms with Gasteiger partial charge in [0.05, 0.1) is 11.2 Å². The number of nitrogens with zero attached hydrogens (tertiary/aromatic N) is 5. The second kappa shape index (κ2) is 6.81. The molecule has 4 fully saturated rings. The smallest absolute Gasteiger partial charge is 0.154 e. The highest BCUT2D eigenvalue weighted by atomic mass is 35.5. The number of nitrogens with one attached hydrogen (secondary N) is 1. The van der Waals surface area contributed by atoms with Crippen LogP contribution in [0.25, 0.3) is 16.9 Å². The van der Waals surface area contributed by atoms with Gasteiger partial charge in [0.1, 0.15) is 17.2 Å². The summed E-state index contributed by atoms with van der Waals surface area (Å²) in [6.07, 6.45) is 14.9. The summed E-state index contributed by atoms with van der Waals surface area (Å²) in [5.41, 5.74) is 8.92. The van der Waals surface area contributed by atoms with E-state index in [1.165, 1.54) is 25.7 Å². The molecule has 3 atom stereocenters. The summed E-state index contributed by atoms with van der Waals surface area (Å²) in [7, 11) is 0. The molecule has 4 heterocycles. The average molecular weight is 450 g/mol. The lowest BCUT2D eigenvalue weighted by molar-refractivity contribution is 0.172. The van der Waals surface area contributed by atoms with Crippen molar-refractivity contribution in [2.24, 2.45) is 23.0 Å². The van der Waals surface area contributed by atoms with Crippen LogP contribution in [0.15, 0.2) is 30.9 Å². The molecule has 0 bridgehead atoms. The van der Waals surface area contributed by atoms with Gasteiger partial charge in [-0.05, 0) is 61.8 Å². The summed E-state index contributed by atoms with van der Waals surface area (Å²) in [4.78, 5) is 16.4. The number of imidazole rings is 1. The highest BCUT2D eigenvalue weighted by molar-refractivity contribution is 6.35. The number of rotatable bonds is 4. The maximum absolute atomic E-state index is 6.74. The molecule has 0 radical (unpaired) electrons. The number of fused-ring (bicyclic) bond motifs is 2. The molecular weight excluding hydrogens is 422 g/mol. The Morgan fingerprint density at radius 3 is 2.72 bits per heavy atom. The minimum Gasteiger partial charge on any atom is -0.366 e. The summed E-state index contributed by atoms with van der Waals surface area (Å²) in [6, 6.07) is 2.82. The third-order valence-electron chi connectivity index (χ3n) is 8.36. The van der Waals surface area contributed by atoms with Crippen molar-refractivity contribution in [2.45, 2.75) is 50.6 Å². The van der Waals surface area contributed by atoms with E-state index in [1.807, 2.05) is 24.7 Å². The lowest BCUT2D eigenvalue weighted by atomic mass is 9.72. The van der Waals surface area contributed by atoms with Crippen molar-refractivity contribution in [2.75, 3.05) is 23.3 Å². The standard InChI is InChI=1S/C24H28ClN7/c25-19-16(3-6-27-21(19)30-15-1-2-15)22-29-13-18-23(28-7-10-32(18)22)31-8-4-24(5-9-31)12-14-11-17(14)20(24)26/h3,6-7,10,13-15,17,20H,1-2,4-5,8-9,11-12,26H2,(H,27,30)/t14?,17?,20-/m1/s1. The van der Waals surface area contributed by atoms with Crippen LogP contribution < -0.4 is 16.0 Å². The van der Waals surface area contributed by atoms with E-state index in [4.69, 9.17) is 27.3 Å². The highest BCUT2D eigenvalue weighted by Crippen LogP contribution is 2.62. The van der Waals surface area contributed by atoms with E-state index in [-0.39, 0.29) is 0 Å². The zero-order valence-electron chi connectivity index (χ0n) is 18.0. The van der Waals surface area contributed by atoms with Crippen molar-refractivity contribution >= 4 is 28.8 Å². The molecule has 0 aromatic carbocycles. The van der Waals surface area contributed by atoms with Crippen LogP contribution >= 0.6 is 11.6 Å². The Labute approximate surface area is 192 Å². The molecule has 2 unspecified atom stereocenters. The van der Waals surface area contributed by atoms with Crippen molar-refractivity contribution < 1.29 is 0 Å². The van der Waals surface area contributed by atoms with Crippen LogP contribution in [-0.4, -0.2) is 44.5 Å². The third-order valence-corrected chi connectivity index (χ3v) is 8.74. The third kappa shape index (κ3) is 2.87. The van der Waals surface area contributed by atoms with Gasteiger partial charge in [-0.1, -0.05) is 11.6 Å². The van der Waals surface area contributed by atoms with E-state index >= 15 is 0 Å². The van der Waals surface area contributed by atoms with Gasteiger partial charge in [0.2, 0.25) is 0 Å². The van der Waals surface area contributed by atoms with Crippen LogP contribution in [0, 0.1) is 17.3 Å². The first-order chi connectivity index (χ1) is 15.6. The first kappa shape index (κ1) is 19.1. The maximum atomic E-state index is 6.74. The van der Waals surface area contributed by atoms with E-state index in [1.54, 1.807) is 6.20 Å². The molecule has 4 aliphatic rings. The normalized spacial score (nSPS) is 28.3. The number of nitrogens with two attached hydrogens (primary N) is 1. The van der Waals surface area contributed by atoms with Crippen LogP contribution in [0.2, 0.25) is 5.02 Å².